The van der Waals surface area contributed by atoms with Crippen LogP contribution >= 0.6 is 0 Å². The van der Waals surface area contributed by atoms with Gasteiger partial charge in [-0.3, -0.25) is 14.4 Å². The summed E-state index contributed by atoms with van der Waals surface area (Å²) in [7, 11) is 0. The van der Waals surface area contributed by atoms with Gasteiger partial charge in [0.2, 0.25) is 0 Å². The molecule has 0 aliphatic carbocycles. The highest BCUT2D eigenvalue weighted by molar-refractivity contribution is 5.74. The summed E-state index contributed by atoms with van der Waals surface area (Å²) in [6.45, 7) is 8.09. The van der Waals surface area contributed by atoms with Gasteiger partial charge in [-0.2, -0.15) is 0 Å². The molecule has 0 radical (unpaired) electrons. The SMILES string of the molecule is C.C.C.CC(C)(CO)COC(=O)CCCCC(=O)OCC(C)(C)CO.CCC(CO)(CO)C(=O)O. The molecule has 0 bridgehead atoms. The quantitative estimate of drug-likeness (QED) is 0.162. The molecule has 5 N–H and O–H groups in total. The number of rotatable bonds is 15. The Kier molecular flexibility index (Phi) is 26.7. The van der Waals surface area contributed by atoms with E-state index in [2.05, 4.69) is 0 Å². The normalized spacial score (nSPS) is 10.9. The predicted molar refractivity (Wildman–Crippen MR) is 137 cm³/mol. The second kappa shape index (κ2) is 21.5. The summed E-state index contributed by atoms with van der Waals surface area (Å²) in [5.41, 5.74) is -2.21. The van der Waals surface area contributed by atoms with Crippen LogP contribution < -0.4 is 0 Å². The molecular formula is C25H54O10. The van der Waals surface area contributed by atoms with E-state index in [1.807, 2.05) is 27.7 Å². The molecule has 0 saturated carbocycles. The predicted octanol–water partition coefficient (Wildman–Crippen LogP) is 3.03. The fourth-order valence-electron chi connectivity index (χ4n) is 1.89. The number of carbonyl (C=O) groups is 3. The third-order valence-electron chi connectivity index (χ3n) is 4.85. The van der Waals surface area contributed by atoms with Gasteiger partial charge in [-0.15, -0.1) is 0 Å². The lowest BCUT2D eigenvalue weighted by Crippen LogP contribution is -2.37. The van der Waals surface area contributed by atoms with Crippen molar-refractivity contribution in [2.75, 3.05) is 39.6 Å². The van der Waals surface area contributed by atoms with E-state index < -0.39 is 35.4 Å². The van der Waals surface area contributed by atoms with Crippen LogP contribution in [0.2, 0.25) is 0 Å². The van der Waals surface area contributed by atoms with Crippen molar-refractivity contribution in [2.45, 2.75) is 89.0 Å². The molecule has 35 heavy (non-hydrogen) atoms. The molecule has 0 aliphatic heterocycles. The fraction of sp³-hybridized carbons (Fsp3) is 0.880. The topological polar surface area (TPSA) is 171 Å². The van der Waals surface area contributed by atoms with Crippen LogP contribution in [0.3, 0.4) is 0 Å². The lowest BCUT2D eigenvalue weighted by atomic mass is 9.87. The monoisotopic (exact) mass is 514 g/mol. The molecule has 0 spiro atoms. The van der Waals surface area contributed by atoms with Gasteiger partial charge in [0, 0.05) is 23.7 Å². The lowest BCUT2D eigenvalue weighted by molar-refractivity contribution is -0.155. The Labute approximate surface area is 212 Å². The highest BCUT2D eigenvalue weighted by Crippen LogP contribution is 2.20. The van der Waals surface area contributed by atoms with Crippen LogP contribution in [0.4, 0.5) is 0 Å². The highest BCUT2D eigenvalue weighted by Gasteiger charge is 2.35. The molecule has 0 amide bonds. The van der Waals surface area contributed by atoms with E-state index in [0.29, 0.717) is 12.8 Å². The van der Waals surface area contributed by atoms with Crippen molar-refractivity contribution in [3.63, 3.8) is 0 Å². The Morgan fingerprint density at radius 2 is 0.971 bits per heavy atom. The number of carbonyl (C=O) groups excluding carboxylic acids is 2. The maximum absolute atomic E-state index is 11.5. The maximum Gasteiger partial charge on any atom is 0.314 e. The molecule has 214 valence electrons. The van der Waals surface area contributed by atoms with Crippen molar-refractivity contribution in [3.8, 4) is 0 Å². The number of unbranched alkanes of at least 4 members (excludes halogenated alkanes) is 1. The number of carboxylic acids is 1. The number of aliphatic hydroxyl groups excluding tert-OH is 4. The summed E-state index contributed by atoms with van der Waals surface area (Å²) >= 11 is 0. The molecule has 0 saturated heterocycles. The van der Waals surface area contributed by atoms with Gasteiger partial charge in [0.1, 0.15) is 5.41 Å². The van der Waals surface area contributed by atoms with Crippen LogP contribution in [0, 0.1) is 16.2 Å². The summed E-state index contributed by atoms with van der Waals surface area (Å²) in [4.78, 5) is 33.4. The number of aliphatic hydroxyl groups is 4. The molecule has 0 aromatic heterocycles. The van der Waals surface area contributed by atoms with Crippen LogP contribution in [-0.2, 0) is 23.9 Å². The van der Waals surface area contributed by atoms with Crippen molar-refractivity contribution in [2.24, 2.45) is 16.2 Å². The Morgan fingerprint density at radius 3 is 1.14 bits per heavy atom. The van der Waals surface area contributed by atoms with Crippen LogP contribution in [0.5, 0.6) is 0 Å². The largest absolute Gasteiger partial charge is 0.481 e. The molecule has 0 aliphatic rings. The van der Waals surface area contributed by atoms with E-state index >= 15 is 0 Å². The molecule has 0 heterocycles. The van der Waals surface area contributed by atoms with E-state index in [4.69, 9.17) is 35.0 Å². The van der Waals surface area contributed by atoms with Crippen molar-refractivity contribution in [1.29, 1.82) is 0 Å². The van der Waals surface area contributed by atoms with E-state index in [0.717, 1.165) is 0 Å². The van der Waals surface area contributed by atoms with Gasteiger partial charge in [-0.05, 0) is 19.3 Å². The average molecular weight is 515 g/mol. The molecule has 0 unspecified atom stereocenters. The van der Waals surface area contributed by atoms with Gasteiger partial charge in [0.05, 0.1) is 39.6 Å². The molecule has 10 heteroatoms. The minimum Gasteiger partial charge on any atom is -0.481 e. The van der Waals surface area contributed by atoms with E-state index in [-0.39, 0.29) is 79.9 Å². The summed E-state index contributed by atoms with van der Waals surface area (Å²) in [6.07, 6.45) is 1.83. The van der Waals surface area contributed by atoms with Gasteiger partial charge < -0.3 is 35.0 Å². The zero-order valence-electron chi connectivity index (χ0n) is 20.1. The van der Waals surface area contributed by atoms with Gasteiger partial charge in [-0.25, -0.2) is 0 Å². The maximum atomic E-state index is 11.5. The second-order valence-corrected chi connectivity index (χ2v) is 9.43. The molecule has 0 aromatic carbocycles. The average Bonchev–Trinajstić information content (AvgIpc) is 2.76. The van der Waals surface area contributed by atoms with Gasteiger partial charge in [-0.1, -0.05) is 56.9 Å². The first-order valence-electron chi connectivity index (χ1n) is 10.7. The Balaban J connectivity index is -0.000000198. The zero-order chi connectivity index (χ0) is 25.4. The van der Waals surface area contributed by atoms with E-state index in [1.54, 1.807) is 6.92 Å². The van der Waals surface area contributed by atoms with E-state index in [1.165, 1.54) is 0 Å². The molecule has 10 nitrogen and oxygen atoms in total. The minimum atomic E-state index is -1.35. The summed E-state index contributed by atoms with van der Waals surface area (Å²) in [6, 6.07) is 0. The smallest absolute Gasteiger partial charge is 0.314 e. The minimum absolute atomic E-state index is 0. The van der Waals surface area contributed by atoms with Gasteiger partial charge in [0.25, 0.3) is 0 Å². The van der Waals surface area contributed by atoms with E-state index in [9.17, 15) is 14.4 Å². The second-order valence-electron chi connectivity index (χ2n) is 9.43. The Hall–Kier alpha value is -1.75. The molecule has 0 rings (SSSR count). The van der Waals surface area contributed by atoms with Crippen LogP contribution in [0.25, 0.3) is 0 Å². The Morgan fingerprint density at radius 1 is 0.657 bits per heavy atom. The van der Waals surface area contributed by atoms with Crippen molar-refractivity contribution in [3.05, 3.63) is 0 Å². The summed E-state index contributed by atoms with van der Waals surface area (Å²) in [5, 5.41) is 43.8. The number of hydrogen-bond acceptors (Lipinski definition) is 9. The first kappa shape index (κ1) is 43.3. The summed E-state index contributed by atoms with van der Waals surface area (Å²) < 4.78 is 10.1. The zero-order valence-corrected chi connectivity index (χ0v) is 20.1. The molecular weight excluding hydrogens is 460 g/mol. The van der Waals surface area contributed by atoms with Crippen molar-refractivity contribution >= 4 is 17.9 Å². The van der Waals surface area contributed by atoms with Gasteiger partial charge >= 0.3 is 17.9 Å². The van der Waals surface area contributed by atoms with Gasteiger partial charge in [0.15, 0.2) is 0 Å². The number of ether oxygens (including phenoxy) is 2. The standard InChI is InChI=1S/C16H30O6.C6H12O4.3CH4/c1-15(2,9-17)11-21-13(19)7-5-6-8-14(20)22-12-16(3,4)10-18;1-2-6(3-7,4-8)5(9)10;;;/h17-18H,5-12H2,1-4H3;7-8H,2-4H2,1H3,(H,9,10);3*1H4. The van der Waals surface area contributed by atoms with Crippen molar-refractivity contribution in [1.82, 2.24) is 0 Å². The van der Waals surface area contributed by atoms with Crippen LogP contribution in [0.15, 0.2) is 0 Å². The number of carboxylic acid groups (broad SMARTS) is 1. The molecule has 0 fully saturated rings. The third-order valence-corrected chi connectivity index (χ3v) is 4.85. The van der Waals surface area contributed by atoms with Crippen LogP contribution in [0.1, 0.15) is 89.0 Å². The first-order chi connectivity index (χ1) is 14.7. The molecule has 0 atom stereocenters. The molecule has 0 aromatic rings. The van der Waals surface area contributed by atoms with Crippen molar-refractivity contribution < 1.29 is 49.4 Å². The van der Waals surface area contributed by atoms with Crippen LogP contribution in [-0.4, -0.2) is 83.1 Å². The fourth-order valence-corrected chi connectivity index (χ4v) is 1.89. The first-order valence-corrected chi connectivity index (χ1v) is 10.7. The number of esters is 2. The Bertz CT molecular complexity index is 512. The summed E-state index contributed by atoms with van der Waals surface area (Å²) in [5.74, 6) is -1.80. The number of aliphatic carboxylic acids is 1. The highest BCUT2D eigenvalue weighted by atomic mass is 16.5. The lowest BCUT2D eigenvalue weighted by Gasteiger charge is -2.21. The third kappa shape index (κ3) is 20.2. The number of hydrogen-bond donors (Lipinski definition) is 5.